The molecule has 6 nitrogen and oxygen atoms in total. The molecule has 0 spiro atoms. The molecule has 1 heterocycles. The Morgan fingerprint density at radius 1 is 1.07 bits per heavy atom. The predicted octanol–water partition coefficient (Wildman–Crippen LogP) is 3.97. The van der Waals surface area contributed by atoms with Crippen LogP contribution < -0.4 is 10.9 Å². The molecule has 0 aliphatic carbocycles. The van der Waals surface area contributed by atoms with Gasteiger partial charge in [-0.05, 0) is 52.0 Å². The number of amides is 1. The quantitative estimate of drug-likeness (QED) is 0.762. The fourth-order valence-corrected chi connectivity index (χ4v) is 2.82. The highest BCUT2D eigenvalue weighted by atomic mass is 16.6. The number of fused-ring (bicyclic) bond motifs is 1. The van der Waals surface area contributed by atoms with Gasteiger partial charge in [0.25, 0.3) is 5.56 Å². The average Bonchev–Trinajstić information content (AvgIpc) is 2.60. The number of ether oxygens (including phenoxy) is 1. The summed E-state index contributed by atoms with van der Waals surface area (Å²) in [5, 5.41) is 3.29. The molecule has 0 unspecified atom stereocenters. The summed E-state index contributed by atoms with van der Waals surface area (Å²) >= 11 is 0. The van der Waals surface area contributed by atoms with Crippen LogP contribution in [0.15, 0.2) is 59.4 Å². The lowest BCUT2D eigenvalue weighted by Crippen LogP contribution is -2.36. The summed E-state index contributed by atoms with van der Waals surface area (Å²) < 4.78 is 6.86. The molecule has 2 aromatic carbocycles. The van der Waals surface area contributed by atoms with Gasteiger partial charge in [-0.2, -0.15) is 0 Å². The number of carbonyl (C=O) groups is 1. The van der Waals surface area contributed by atoms with Crippen molar-refractivity contribution < 1.29 is 9.53 Å². The number of para-hydroxylation sites is 2. The zero-order valence-corrected chi connectivity index (χ0v) is 15.9. The van der Waals surface area contributed by atoms with E-state index in [1.54, 1.807) is 39.8 Å². The third-order valence-corrected chi connectivity index (χ3v) is 3.94. The monoisotopic (exact) mass is 365 g/mol. The van der Waals surface area contributed by atoms with E-state index in [1.807, 2.05) is 42.5 Å². The molecule has 140 valence electrons. The van der Waals surface area contributed by atoms with Gasteiger partial charge < -0.3 is 10.1 Å². The molecule has 1 atom stereocenters. The second-order valence-corrected chi connectivity index (χ2v) is 7.33. The minimum absolute atomic E-state index is 0.181. The first-order chi connectivity index (χ1) is 12.8. The Morgan fingerprint density at radius 3 is 2.37 bits per heavy atom. The molecular formula is C21H23N3O3. The van der Waals surface area contributed by atoms with Gasteiger partial charge >= 0.3 is 6.09 Å². The molecule has 0 aliphatic heterocycles. The molecule has 6 heteroatoms. The minimum atomic E-state index is -0.611. The Labute approximate surface area is 157 Å². The van der Waals surface area contributed by atoms with E-state index in [2.05, 4.69) is 10.3 Å². The van der Waals surface area contributed by atoms with Gasteiger partial charge in [0.1, 0.15) is 11.4 Å². The van der Waals surface area contributed by atoms with Crippen LogP contribution in [0, 0.1) is 0 Å². The Bertz CT molecular complexity index is 1020. The highest BCUT2D eigenvalue weighted by Gasteiger charge is 2.22. The maximum absolute atomic E-state index is 13.1. The van der Waals surface area contributed by atoms with Crippen molar-refractivity contribution in [3.63, 3.8) is 0 Å². The Morgan fingerprint density at radius 2 is 1.70 bits per heavy atom. The minimum Gasteiger partial charge on any atom is -0.444 e. The molecule has 1 N–H and O–H groups in total. The van der Waals surface area contributed by atoms with Gasteiger partial charge in [-0.3, -0.25) is 9.36 Å². The summed E-state index contributed by atoms with van der Waals surface area (Å²) in [5.74, 6) is 0.441. The van der Waals surface area contributed by atoms with Crippen molar-refractivity contribution in [1.29, 1.82) is 0 Å². The van der Waals surface area contributed by atoms with Crippen molar-refractivity contribution >= 4 is 17.0 Å². The second kappa shape index (κ2) is 7.23. The number of aromatic nitrogens is 2. The lowest BCUT2D eigenvalue weighted by atomic mass is 10.2. The number of nitrogens with zero attached hydrogens (tertiary/aromatic N) is 2. The first kappa shape index (κ1) is 18.6. The topological polar surface area (TPSA) is 73.2 Å². The van der Waals surface area contributed by atoms with E-state index in [0.29, 0.717) is 22.4 Å². The second-order valence-electron chi connectivity index (χ2n) is 7.33. The normalized spacial score (nSPS) is 12.6. The van der Waals surface area contributed by atoms with Gasteiger partial charge in [0.15, 0.2) is 0 Å². The highest BCUT2D eigenvalue weighted by Crippen LogP contribution is 2.18. The van der Waals surface area contributed by atoms with Crippen LogP contribution in [0.3, 0.4) is 0 Å². The van der Waals surface area contributed by atoms with Crippen molar-refractivity contribution in [3.05, 3.63) is 70.8 Å². The molecule has 0 radical (unpaired) electrons. The van der Waals surface area contributed by atoms with Gasteiger partial charge in [-0.15, -0.1) is 0 Å². The highest BCUT2D eigenvalue weighted by molar-refractivity contribution is 5.78. The standard InChI is InChI=1S/C21H23N3O3/c1-14(22-20(26)27-21(2,3)4)18-23-17-13-9-8-12-16(17)19(25)24(18)15-10-6-5-7-11-15/h5-14H,1-4H3,(H,22,26)/t14-/m0/s1. The van der Waals surface area contributed by atoms with E-state index in [4.69, 9.17) is 4.74 Å². The number of alkyl carbamates (subject to hydrolysis) is 1. The number of hydrogen-bond acceptors (Lipinski definition) is 4. The maximum atomic E-state index is 13.1. The fourth-order valence-electron chi connectivity index (χ4n) is 2.82. The van der Waals surface area contributed by atoms with E-state index in [9.17, 15) is 9.59 Å². The summed E-state index contributed by atoms with van der Waals surface area (Å²) in [6, 6.07) is 15.9. The van der Waals surface area contributed by atoms with Gasteiger partial charge in [0.05, 0.1) is 22.6 Å². The Balaban J connectivity index is 2.11. The number of rotatable bonds is 3. The summed E-state index contributed by atoms with van der Waals surface area (Å²) in [4.78, 5) is 30.0. The molecular weight excluding hydrogens is 342 g/mol. The SMILES string of the molecule is C[C@H](NC(=O)OC(C)(C)C)c1nc2ccccc2c(=O)n1-c1ccccc1. The van der Waals surface area contributed by atoms with E-state index >= 15 is 0 Å². The first-order valence-corrected chi connectivity index (χ1v) is 8.83. The summed E-state index contributed by atoms with van der Waals surface area (Å²) in [5.41, 5.74) is 0.482. The van der Waals surface area contributed by atoms with E-state index in [-0.39, 0.29) is 5.56 Å². The molecule has 1 aromatic heterocycles. The average molecular weight is 365 g/mol. The van der Waals surface area contributed by atoms with Crippen molar-refractivity contribution in [2.45, 2.75) is 39.3 Å². The predicted molar refractivity (Wildman–Crippen MR) is 105 cm³/mol. The zero-order chi connectivity index (χ0) is 19.6. The summed E-state index contributed by atoms with van der Waals surface area (Å²) in [7, 11) is 0. The molecule has 3 rings (SSSR count). The van der Waals surface area contributed by atoms with Crippen LogP contribution >= 0.6 is 0 Å². The van der Waals surface area contributed by atoms with Gasteiger partial charge in [0, 0.05) is 0 Å². The van der Waals surface area contributed by atoms with Gasteiger partial charge in [0.2, 0.25) is 0 Å². The van der Waals surface area contributed by atoms with Crippen LogP contribution in [0.1, 0.15) is 39.6 Å². The van der Waals surface area contributed by atoms with Crippen molar-refractivity contribution in [2.24, 2.45) is 0 Å². The largest absolute Gasteiger partial charge is 0.444 e. The zero-order valence-electron chi connectivity index (χ0n) is 15.9. The van der Waals surface area contributed by atoms with E-state index in [1.165, 1.54) is 4.57 Å². The third-order valence-electron chi connectivity index (χ3n) is 3.94. The fraction of sp³-hybridized carbons (Fsp3) is 0.286. The molecule has 0 bridgehead atoms. The van der Waals surface area contributed by atoms with Crippen LogP contribution in [0.5, 0.6) is 0 Å². The number of nitrogens with one attached hydrogen (secondary N) is 1. The van der Waals surface area contributed by atoms with Crippen LogP contribution in [-0.4, -0.2) is 21.2 Å². The van der Waals surface area contributed by atoms with Gasteiger partial charge in [-0.25, -0.2) is 9.78 Å². The molecule has 3 aromatic rings. The molecule has 27 heavy (non-hydrogen) atoms. The maximum Gasteiger partial charge on any atom is 0.408 e. The molecule has 0 saturated heterocycles. The molecule has 0 saturated carbocycles. The Hall–Kier alpha value is -3.15. The lowest BCUT2D eigenvalue weighted by molar-refractivity contribution is 0.0505. The smallest absolute Gasteiger partial charge is 0.408 e. The van der Waals surface area contributed by atoms with Crippen LogP contribution in [0.25, 0.3) is 16.6 Å². The summed E-state index contributed by atoms with van der Waals surface area (Å²) in [6.45, 7) is 7.17. The molecule has 1 amide bonds. The van der Waals surface area contributed by atoms with Crippen molar-refractivity contribution in [2.75, 3.05) is 0 Å². The van der Waals surface area contributed by atoms with E-state index in [0.717, 1.165) is 0 Å². The molecule has 0 aliphatic rings. The first-order valence-electron chi connectivity index (χ1n) is 8.83. The van der Waals surface area contributed by atoms with Crippen LogP contribution in [0.2, 0.25) is 0 Å². The van der Waals surface area contributed by atoms with Gasteiger partial charge in [-0.1, -0.05) is 30.3 Å². The Kier molecular flexibility index (Phi) is 4.99. The number of carbonyl (C=O) groups excluding carboxylic acids is 1. The summed E-state index contributed by atoms with van der Waals surface area (Å²) in [6.07, 6.45) is -0.558. The number of hydrogen-bond donors (Lipinski definition) is 1. The third kappa shape index (κ3) is 4.16. The van der Waals surface area contributed by atoms with Crippen LogP contribution in [-0.2, 0) is 4.74 Å². The molecule has 0 fully saturated rings. The van der Waals surface area contributed by atoms with Crippen molar-refractivity contribution in [3.8, 4) is 5.69 Å². The van der Waals surface area contributed by atoms with E-state index < -0.39 is 17.7 Å². The lowest BCUT2D eigenvalue weighted by Gasteiger charge is -2.23. The van der Waals surface area contributed by atoms with Crippen molar-refractivity contribution in [1.82, 2.24) is 14.9 Å². The van der Waals surface area contributed by atoms with Crippen LogP contribution in [0.4, 0.5) is 4.79 Å². The number of benzene rings is 2.